The third-order valence-electron chi connectivity index (χ3n) is 4.47. The summed E-state index contributed by atoms with van der Waals surface area (Å²) in [6, 6.07) is 13.5. The average Bonchev–Trinajstić information content (AvgIpc) is 3.29. The second-order valence-corrected chi connectivity index (χ2v) is 8.35. The Kier molecular flexibility index (Phi) is 7.76. The number of benzene rings is 1. The lowest BCUT2D eigenvalue weighted by Gasteiger charge is -2.16. The Morgan fingerprint density at radius 2 is 1.87 bits per heavy atom. The van der Waals surface area contributed by atoms with E-state index in [1.54, 1.807) is 42.9 Å². The summed E-state index contributed by atoms with van der Waals surface area (Å²) >= 11 is 0. The highest BCUT2D eigenvalue weighted by Gasteiger charge is 2.09. The van der Waals surface area contributed by atoms with Crippen molar-refractivity contribution in [3.8, 4) is 0 Å². The van der Waals surface area contributed by atoms with Crippen molar-refractivity contribution in [3.63, 3.8) is 0 Å². The number of aromatic nitrogens is 1. The summed E-state index contributed by atoms with van der Waals surface area (Å²) in [5, 5.41) is 21.8. The molecule has 164 valence electrons. The highest BCUT2D eigenvalue weighted by molar-refractivity contribution is 7.89. The molecule has 31 heavy (non-hydrogen) atoms. The van der Waals surface area contributed by atoms with Crippen LogP contribution in [-0.2, 0) is 23.0 Å². The number of pyridine rings is 1. The lowest BCUT2D eigenvalue weighted by atomic mass is 10.1. The van der Waals surface area contributed by atoms with Gasteiger partial charge in [0.15, 0.2) is 5.96 Å². The Bertz CT molecular complexity index is 1070. The minimum absolute atomic E-state index is 0.0515. The molecule has 0 aliphatic heterocycles. The third-order valence-corrected chi connectivity index (χ3v) is 5.40. The molecule has 1 aromatic carbocycles. The summed E-state index contributed by atoms with van der Waals surface area (Å²) in [6.45, 7) is 1.14. The number of hydrogen-bond acceptors (Lipinski definition) is 6. The molecule has 0 saturated heterocycles. The molecule has 1 atom stereocenters. The van der Waals surface area contributed by atoms with Crippen molar-refractivity contribution in [1.82, 2.24) is 15.6 Å². The van der Waals surface area contributed by atoms with E-state index in [9.17, 15) is 13.5 Å². The highest BCUT2D eigenvalue weighted by Crippen LogP contribution is 2.11. The first-order valence-corrected chi connectivity index (χ1v) is 11.2. The van der Waals surface area contributed by atoms with E-state index < -0.39 is 16.1 Å². The van der Waals surface area contributed by atoms with Gasteiger partial charge in [-0.1, -0.05) is 12.1 Å². The number of nitrogens with two attached hydrogens (primary N) is 1. The van der Waals surface area contributed by atoms with Crippen LogP contribution in [0, 0.1) is 0 Å². The lowest BCUT2D eigenvalue weighted by Crippen LogP contribution is -2.40. The van der Waals surface area contributed by atoms with Gasteiger partial charge in [-0.15, -0.1) is 0 Å². The van der Waals surface area contributed by atoms with Crippen LogP contribution < -0.4 is 15.8 Å². The van der Waals surface area contributed by atoms with Gasteiger partial charge in [0.05, 0.1) is 23.8 Å². The first-order valence-electron chi connectivity index (χ1n) is 9.66. The molecule has 1 unspecified atom stereocenters. The standard InChI is InChI=1S/C21H25N5O4S/c22-31(28,29)19-5-3-16(4-6-19)14-25-21(24-12-9-18-2-1-13-30-18)26-15-20(27)17-7-10-23-11-8-17/h1-8,10-11,13,20,27H,9,12,14-15H2,(H2,22,28,29)(H2,24,25,26). The average molecular weight is 444 g/mol. The van der Waals surface area contributed by atoms with Gasteiger partial charge in [-0.05, 0) is 47.5 Å². The normalized spacial score (nSPS) is 13.0. The molecule has 0 aliphatic carbocycles. The van der Waals surface area contributed by atoms with E-state index in [2.05, 4.69) is 20.6 Å². The second kappa shape index (κ2) is 10.7. The van der Waals surface area contributed by atoms with E-state index in [-0.39, 0.29) is 11.4 Å². The minimum atomic E-state index is -3.73. The molecule has 0 spiro atoms. The van der Waals surface area contributed by atoms with Gasteiger partial charge in [0.2, 0.25) is 10.0 Å². The van der Waals surface area contributed by atoms with Crippen molar-refractivity contribution < 1.29 is 17.9 Å². The van der Waals surface area contributed by atoms with E-state index in [0.717, 1.165) is 16.9 Å². The number of guanidine groups is 1. The maximum Gasteiger partial charge on any atom is 0.238 e. The fourth-order valence-corrected chi connectivity index (χ4v) is 3.30. The molecule has 0 saturated carbocycles. The zero-order chi connectivity index (χ0) is 22.1. The number of primary sulfonamides is 1. The predicted molar refractivity (Wildman–Crippen MR) is 117 cm³/mol. The van der Waals surface area contributed by atoms with Crippen LogP contribution in [-0.4, -0.2) is 37.6 Å². The Labute approximate surface area is 181 Å². The molecule has 5 N–H and O–H groups in total. The molecular weight excluding hydrogens is 418 g/mol. The summed E-state index contributed by atoms with van der Waals surface area (Å²) in [6.07, 6.45) is 4.82. The maximum absolute atomic E-state index is 11.4. The van der Waals surface area contributed by atoms with E-state index in [4.69, 9.17) is 9.56 Å². The lowest BCUT2D eigenvalue weighted by molar-refractivity contribution is 0.180. The number of sulfonamides is 1. The van der Waals surface area contributed by atoms with Crippen molar-refractivity contribution >= 4 is 16.0 Å². The van der Waals surface area contributed by atoms with Crippen molar-refractivity contribution in [2.24, 2.45) is 10.1 Å². The molecule has 3 rings (SSSR count). The van der Waals surface area contributed by atoms with Crippen LogP contribution in [0.1, 0.15) is 23.0 Å². The Hall–Kier alpha value is -3.21. The van der Waals surface area contributed by atoms with E-state index in [0.29, 0.717) is 25.5 Å². The molecule has 2 heterocycles. The molecule has 0 radical (unpaired) electrons. The number of rotatable bonds is 9. The van der Waals surface area contributed by atoms with Crippen LogP contribution in [0.2, 0.25) is 0 Å². The van der Waals surface area contributed by atoms with Crippen LogP contribution in [0.25, 0.3) is 0 Å². The fourth-order valence-electron chi connectivity index (χ4n) is 2.78. The summed E-state index contributed by atoms with van der Waals surface area (Å²) in [5.41, 5.74) is 1.56. The number of nitrogens with one attached hydrogen (secondary N) is 2. The second-order valence-electron chi connectivity index (χ2n) is 6.79. The van der Waals surface area contributed by atoms with Crippen molar-refractivity contribution in [2.45, 2.75) is 24.0 Å². The van der Waals surface area contributed by atoms with Crippen molar-refractivity contribution in [2.75, 3.05) is 13.1 Å². The van der Waals surface area contributed by atoms with E-state index in [1.165, 1.54) is 12.1 Å². The summed E-state index contributed by atoms with van der Waals surface area (Å²) in [5.74, 6) is 1.36. The molecule has 0 bridgehead atoms. The molecule has 10 heteroatoms. The molecule has 2 aromatic heterocycles. The molecule has 3 aromatic rings. The summed E-state index contributed by atoms with van der Waals surface area (Å²) in [7, 11) is -3.73. The first kappa shape index (κ1) is 22.5. The smallest absolute Gasteiger partial charge is 0.238 e. The number of aliphatic hydroxyl groups excluding tert-OH is 1. The largest absolute Gasteiger partial charge is 0.469 e. The fraction of sp³-hybridized carbons (Fsp3) is 0.238. The van der Waals surface area contributed by atoms with E-state index >= 15 is 0 Å². The molecule has 0 aliphatic rings. The third kappa shape index (κ3) is 7.21. The SMILES string of the molecule is NS(=O)(=O)c1ccc(CN=C(NCCc2ccco2)NCC(O)c2ccncc2)cc1. The number of hydrogen-bond donors (Lipinski definition) is 4. The first-order chi connectivity index (χ1) is 14.9. The van der Waals surface area contributed by atoms with Gasteiger partial charge in [-0.25, -0.2) is 18.5 Å². The highest BCUT2D eigenvalue weighted by atomic mass is 32.2. The van der Waals surface area contributed by atoms with Gasteiger partial charge in [0.1, 0.15) is 5.76 Å². The number of aliphatic imine (C=N–C) groups is 1. The van der Waals surface area contributed by atoms with Crippen LogP contribution in [0.4, 0.5) is 0 Å². The molecule has 0 fully saturated rings. The monoisotopic (exact) mass is 443 g/mol. The van der Waals surface area contributed by atoms with Gasteiger partial charge in [-0.3, -0.25) is 4.98 Å². The van der Waals surface area contributed by atoms with Gasteiger partial charge >= 0.3 is 0 Å². The topological polar surface area (TPSA) is 143 Å². The summed E-state index contributed by atoms with van der Waals surface area (Å²) < 4.78 is 28.1. The molecule has 0 amide bonds. The number of furan rings is 1. The zero-order valence-electron chi connectivity index (χ0n) is 16.8. The van der Waals surface area contributed by atoms with Gasteiger partial charge in [0.25, 0.3) is 0 Å². The van der Waals surface area contributed by atoms with Gasteiger partial charge < -0.3 is 20.2 Å². The summed E-state index contributed by atoms with van der Waals surface area (Å²) in [4.78, 5) is 8.53. The molecule has 9 nitrogen and oxygen atoms in total. The zero-order valence-corrected chi connectivity index (χ0v) is 17.6. The quantitative estimate of drug-likeness (QED) is 0.289. The maximum atomic E-state index is 11.4. The van der Waals surface area contributed by atoms with E-state index in [1.807, 2.05) is 12.1 Å². The van der Waals surface area contributed by atoms with Crippen molar-refractivity contribution in [1.29, 1.82) is 0 Å². The van der Waals surface area contributed by atoms with Crippen LogP contribution in [0.3, 0.4) is 0 Å². The van der Waals surface area contributed by atoms with Crippen LogP contribution >= 0.6 is 0 Å². The van der Waals surface area contributed by atoms with Crippen LogP contribution in [0.5, 0.6) is 0 Å². The van der Waals surface area contributed by atoms with Crippen molar-refractivity contribution in [3.05, 3.63) is 84.1 Å². The predicted octanol–water partition coefficient (Wildman–Crippen LogP) is 1.33. The Balaban J connectivity index is 1.63. The Morgan fingerprint density at radius 3 is 2.52 bits per heavy atom. The number of nitrogens with zero attached hydrogens (tertiary/aromatic N) is 2. The van der Waals surface area contributed by atoms with Gasteiger partial charge in [0, 0.05) is 31.9 Å². The minimum Gasteiger partial charge on any atom is -0.469 e. The number of aliphatic hydroxyl groups is 1. The molecular formula is C21H25N5O4S. The van der Waals surface area contributed by atoms with Crippen LogP contribution in [0.15, 0.2) is 81.5 Å². The Morgan fingerprint density at radius 1 is 1.13 bits per heavy atom. The van der Waals surface area contributed by atoms with Gasteiger partial charge in [-0.2, -0.15) is 0 Å².